The van der Waals surface area contributed by atoms with Crippen LogP contribution in [0.2, 0.25) is 0 Å². The maximum absolute atomic E-state index is 14.7. The fraction of sp³-hybridized carbons (Fsp3) is 0.182. The van der Waals surface area contributed by atoms with Gasteiger partial charge in [0, 0.05) is 27.9 Å². The molecular weight excluding hydrogens is 807 g/mol. The van der Waals surface area contributed by atoms with Crippen molar-refractivity contribution in [1.29, 1.82) is 0 Å². The maximum Gasteiger partial charge on any atom is 0.281 e. The van der Waals surface area contributed by atoms with E-state index in [4.69, 9.17) is 0 Å². The molecular formula is C44H25F5N4O8. The largest absolute Gasteiger partial charge is 0.281 e. The monoisotopic (exact) mass is 832 g/mol. The summed E-state index contributed by atoms with van der Waals surface area (Å²) in [6.45, 7) is 4.06. The number of hydrazine groups is 1. The Hall–Kier alpha value is -7.43. The zero-order chi connectivity index (χ0) is 43.2. The molecule has 1 aliphatic carbocycles. The molecule has 61 heavy (non-hydrogen) atoms. The van der Waals surface area contributed by atoms with Crippen molar-refractivity contribution in [1.82, 2.24) is 14.9 Å². The highest BCUT2D eigenvalue weighted by Gasteiger charge is 2.50. The van der Waals surface area contributed by atoms with E-state index in [0.717, 1.165) is 25.0 Å². The van der Waals surface area contributed by atoms with Crippen molar-refractivity contribution in [2.24, 2.45) is 11.8 Å². The zero-order valence-corrected chi connectivity index (χ0v) is 31.6. The van der Waals surface area contributed by atoms with E-state index in [1.165, 1.54) is 53.4 Å². The number of hydrogen-bond acceptors (Lipinski definition) is 8. The summed E-state index contributed by atoms with van der Waals surface area (Å²) in [4.78, 5) is 112. The molecule has 304 valence electrons. The van der Waals surface area contributed by atoms with Crippen molar-refractivity contribution < 1.29 is 60.3 Å². The van der Waals surface area contributed by atoms with Crippen LogP contribution in [0.15, 0.2) is 60.7 Å². The summed E-state index contributed by atoms with van der Waals surface area (Å²) in [6.07, 6.45) is 2.42. The second-order valence-corrected chi connectivity index (χ2v) is 15.7. The summed E-state index contributed by atoms with van der Waals surface area (Å²) in [5, 5.41) is 0.921. The zero-order valence-electron chi connectivity index (χ0n) is 31.6. The fourth-order valence-corrected chi connectivity index (χ4v) is 9.23. The van der Waals surface area contributed by atoms with Crippen molar-refractivity contribution in [3.05, 3.63) is 134 Å². The van der Waals surface area contributed by atoms with Crippen LogP contribution in [-0.2, 0) is 0 Å². The number of fused-ring (bicyclic) bond motifs is 2. The van der Waals surface area contributed by atoms with Crippen LogP contribution in [0.1, 0.15) is 116 Å². The van der Waals surface area contributed by atoms with Gasteiger partial charge in [-0.1, -0.05) is 32.4 Å². The minimum absolute atomic E-state index is 0.0370. The van der Waals surface area contributed by atoms with E-state index in [9.17, 15) is 60.3 Å². The summed E-state index contributed by atoms with van der Waals surface area (Å²) in [5.74, 6) is -19.9. The molecule has 8 amide bonds. The average Bonchev–Trinajstić information content (AvgIpc) is 3.64. The molecule has 5 aliphatic rings. The Balaban J connectivity index is 0.970. The lowest BCUT2D eigenvalue weighted by atomic mass is 9.77. The van der Waals surface area contributed by atoms with Crippen molar-refractivity contribution in [2.45, 2.75) is 39.2 Å². The van der Waals surface area contributed by atoms with Gasteiger partial charge >= 0.3 is 0 Å². The molecule has 3 atom stereocenters. The molecule has 5 aromatic rings. The predicted molar refractivity (Wildman–Crippen MR) is 201 cm³/mol. The van der Waals surface area contributed by atoms with E-state index in [2.05, 4.69) is 6.92 Å². The van der Waals surface area contributed by atoms with Gasteiger partial charge in [0.05, 0.1) is 33.4 Å². The first kappa shape index (κ1) is 37.8. The van der Waals surface area contributed by atoms with E-state index >= 15 is 0 Å². The lowest BCUT2D eigenvalue weighted by Crippen LogP contribution is -2.55. The molecule has 17 heteroatoms. The normalized spacial score (nSPS) is 20.8. The average molecular weight is 833 g/mol. The number of halogens is 5. The Morgan fingerprint density at radius 1 is 0.443 bits per heavy atom. The van der Waals surface area contributed by atoms with Crippen molar-refractivity contribution in [2.75, 3.05) is 4.90 Å². The third-order valence-corrected chi connectivity index (χ3v) is 12.3. The number of carbonyl (C=O) groups is 8. The molecule has 0 radical (unpaired) electrons. The van der Waals surface area contributed by atoms with E-state index < -0.39 is 93.2 Å². The van der Waals surface area contributed by atoms with Gasteiger partial charge in [-0.25, -0.2) is 26.9 Å². The Kier molecular flexibility index (Phi) is 7.93. The van der Waals surface area contributed by atoms with Gasteiger partial charge in [-0.3, -0.25) is 43.3 Å². The van der Waals surface area contributed by atoms with Crippen LogP contribution in [0.3, 0.4) is 0 Å². The minimum atomic E-state index is -2.49. The number of imide groups is 4. The second-order valence-electron chi connectivity index (χ2n) is 15.7. The standard InChI is InChI=1S/C44H25F5N4O8/c1-16-3-4-17(2)28(13-16)50-38(55)22-9-11-24-30-25(12-10-23(29(22)30)39(50)56)43(60)53(42(24)59)52-41(58)21-8-6-19(15-27(21)44(52)61)18-5-7-20-26(14-18)40(57)51(37(20)54)36-34(48)32(46)31(45)33(47)35(36)49/h5-12,14-17,28H,3-4,13H2,1-2H3. The van der Waals surface area contributed by atoms with Gasteiger partial charge in [-0.2, -0.15) is 10.0 Å². The Bertz CT molecular complexity index is 2960. The Labute approximate surface area is 339 Å². The second kappa shape index (κ2) is 12.8. The Morgan fingerprint density at radius 3 is 1.33 bits per heavy atom. The van der Waals surface area contributed by atoms with Gasteiger partial charge in [0.1, 0.15) is 5.69 Å². The van der Waals surface area contributed by atoms with Crippen LogP contribution in [0, 0.1) is 40.9 Å². The number of hydrogen-bond donors (Lipinski definition) is 0. The van der Waals surface area contributed by atoms with Crippen molar-refractivity contribution >= 4 is 63.7 Å². The molecule has 12 nitrogen and oxygen atoms in total. The molecule has 0 saturated heterocycles. The van der Waals surface area contributed by atoms with Gasteiger partial charge in [0.15, 0.2) is 23.3 Å². The van der Waals surface area contributed by atoms with Gasteiger partial charge in [0.25, 0.3) is 47.3 Å². The van der Waals surface area contributed by atoms with Crippen LogP contribution >= 0.6 is 0 Å². The van der Waals surface area contributed by atoms with Crippen LogP contribution in [-0.4, -0.2) is 68.2 Å². The quantitative estimate of drug-likeness (QED) is 0.0797. The summed E-state index contributed by atoms with van der Waals surface area (Å²) in [6, 6.07) is 12.2. The number of carbonyl (C=O) groups excluding carboxylic acids is 8. The van der Waals surface area contributed by atoms with Crippen LogP contribution < -0.4 is 4.90 Å². The molecule has 4 aliphatic heterocycles. The lowest BCUT2D eigenvalue weighted by molar-refractivity contribution is 0.00522. The molecule has 4 heterocycles. The highest BCUT2D eigenvalue weighted by atomic mass is 19.2. The number of rotatable bonds is 4. The molecule has 0 bridgehead atoms. The van der Waals surface area contributed by atoms with Gasteiger partial charge in [-0.05, 0) is 84.3 Å². The molecule has 1 saturated carbocycles. The predicted octanol–water partition coefficient (Wildman–Crippen LogP) is 7.23. The van der Waals surface area contributed by atoms with Crippen molar-refractivity contribution in [3.8, 4) is 11.1 Å². The summed E-state index contributed by atoms with van der Waals surface area (Å²) in [5.41, 5.74) is -2.95. The molecule has 0 spiro atoms. The first-order valence-electron chi connectivity index (χ1n) is 19.0. The number of benzene rings is 5. The first-order chi connectivity index (χ1) is 29.0. The number of anilines is 1. The maximum atomic E-state index is 14.7. The summed E-state index contributed by atoms with van der Waals surface area (Å²) < 4.78 is 71.1. The SMILES string of the molecule is CC1CCC(C)C(N2C(=O)c3ccc4c5c(ccc(c35)C2=O)C(=O)N(N2C(=O)c3ccc(-c5ccc6c(c5)C(=O)N(c5c(F)c(F)c(F)c(F)c5F)C6=O)cc3C2=O)C4=O)C1. The molecule has 10 rings (SSSR count). The van der Waals surface area contributed by atoms with Gasteiger partial charge in [-0.15, -0.1) is 0 Å². The van der Waals surface area contributed by atoms with Crippen LogP contribution in [0.25, 0.3) is 21.9 Å². The van der Waals surface area contributed by atoms with Gasteiger partial charge in [0.2, 0.25) is 5.82 Å². The molecule has 5 aromatic carbocycles. The van der Waals surface area contributed by atoms with Crippen LogP contribution in [0.4, 0.5) is 27.6 Å². The third kappa shape index (κ3) is 4.90. The van der Waals surface area contributed by atoms with Crippen molar-refractivity contribution in [3.63, 3.8) is 0 Å². The Morgan fingerprint density at radius 2 is 0.820 bits per heavy atom. The summed E-state index contributed by atoms with van der Waals surface area (Å²) >= 11 is 0. The minimum Gasteiger partial charge on any atom is -0.271 e. The molecule has 0 aromatic heterocycles. The smallest absolute Gasteiger partial charge is 0.271 e. The molecule has 0 N–H and O–H groups in total. The highest BCUT2D eigenvalue weighted by Crippen LogP contribution is 2.43. The lowest BCUT2D eigenvalue weighted by Gasteiger charge is -2.41. The van der Waals surface area contributed by atoms with Gasteiger partial charge < -0.3 is 0 Å². The highest BCUT2D eigenvalue weighted by molar-refractivity contribution is 6.36. The van der Waals surface area contributed by atoms with E-state index in [1.54, 1.807) is 0 Å². The van der Waals surface area contributed by atoms with Crippen LogP contribution in [0.5, 0.6) is 0 Å². The molecule has 3 unspecified atom stereocenters. The molecule has 1 fully saturated rings. The number of amides is 8. The first-order valence-corrected chi connectivity index (χ1v) is 19.0. The number of nitrogens with zero attached hydrogens (tertiary/aromatic N) is 4. The van der Waals surface area contributed by atoms with E-state index in [-0.39, 0.29) is 78.1 Å². The fourth-order valence-electron chi connectivity index (χ4n) is 9.23. The van der Waals surface area contributed by atoms with E-state index in [0.29, 0.717) is 16.4 Å². The van der Waals surface area contributed by atoms with E-state index in [1.807, 2.05) is 6.92 Å². The third-order valence-electron chi connectivity index (χ3n) is 12.3. The topological polar surface area (TPSA) is 150 Å². The summed E-state index contributed by atoms with van der Waals surface area (Å²) in [7, 11) is 0.